The van der Waals surface area contributed by atoms with Crippen LogP contribution in [-0.4, -0.2) is 17.5 Å². The van der Waals surface area contributed by atoms with Gasteiger partial charge in [-0.1, -0.05) is 11.6 Å². The van der Waals surface area contributed by atoms with Gasteiger partial charge >= 0.3 is 0 Å². The molecule has 6 heteroatoms. The maximum absolute atomic E-state index is 5.80. The summed E-state index contributed by atoms with van der Waals surface area (Å²) < 4.78 is 0. The second kappa shape index (κ2) is 4.35. The normalized spacial score (nSPS) is 17.4. The lowest BCUT2D eigenvalue weighted by Gasteiger charge is -2.14. The van der Waals surface area contributed by atoms with Crippen molar-refractivity contribution in [2.24, 2.45) is 10.7 Å². The minimum absolute atomic E-state index is 0.355. The topological polar surface area (TPSA) is 63.3 Å². The number of halogens is 1. The van der Waals surface area contributed by atoms with Crippen molar-refractivity contribution < 1.29 is 0 Å². The Morgan fingerprint density at radius 2 is 2.28 bits per heavy atom. The van der Waals surface area contributed by atoms with Crippen LogP contribution < -0.4 is 11.1 Å². The molecular formula is C12H11ClN4S. The van der Waals surface area contributed by atoms with E-state index in [4.69, 9.17) is 17.3 Å². The summed E-state index contributed by atoms with van der Waals surface area (Å²) in [7, 11) is 0. The molecule has 1 aliphatic heterocycles. The van der Waals surface area contributed by atoms with E-state index < -0.39 is 0 Å². The summed E-state index contributed by atoms with van der Waals surface area (Å²) >= 11 is 7.46. The molecule has 0 saturated carbocycles. The van der Waals surface area contributed by atoms with Crippen LogP contribution in [0.2, 0.25) is 5.15 Å². The average molecular weight is 279 g/mol. The molecule has 0 fully saturated rings. The highest BCUT2D eigenvalue weighted by molar-refractivity contribution is 7.20. The predicted molar refractivity (Wildman–Crippen MR) is 76.5 cm³/mol. The smallest absolute Gasteiger partial charge is 0.171 e. The standard InChI is InChI=1S/C12H11ClN4S/c1-6-8-5-16-12(14)17-11(8)18-10(6)7-2-3-9(13)15-4-7/h2-5,12,17H,14H2,1H3. The Balaban J connectivity index is 2.09. The molecule has 0 radical (unpaired) electrons. The minimum atomic E-state index is -0.355. The van der Waals surface area contributed by atoms with Crippen LogP contribution in [0.3, 0.4) is 0 Å². The van der Waals surface area contributed by atoms with Crippen molar-refractivity contribution in [2.45, 2.75) is 13.2 Å². The van der Waals surface area contributed by atoms with E-state index >= 15 is 0 Å². The second-order valence-corrected chi connectivity index (χ2v) is 5.44. The summed E-state index contributed by atoms with van der Waals surface area (Å²) in [5.74, 6) is 0. The molecule has 3 heterocycles. The predicted octanol–water partition coefficient (Wildman–Crippen LogP) is 2.86. The first-order valence-corrected chi connectivity index (χ1v) is 6.65. The van der Waals surface area contributed by atoms with E-state index in [1.807, 2.05) is 12.3 Å². The van der Waals surface area contributed by atoms with Crippen molar-refractivity contribution in [1.29, 1.82) is 0 Å². The van der Waals surface area contributed by atoms with Gasteiger partial charge in [0.05, 0.1) is 0 Å². The van der Waals surface area contributed by atoms with Crippen molar-refractivity contribution >= 4 is 34.2 Å². The highest BCUT2D eigenvalue weighted by atomic mass is 35.5. The molecule has 3 N–H and O–H groups in total. The molecular weight excluding hydrogens is 268 g/mol. The van der Waals surface area contributed by atoms with Crippen LogP contribution in [0, 0.1) is 6.92 Å². The number of hydrogen-bond acceptors (Lipinski definition) is 5. The van der Waals surface area contributed by atoms with Gasteiger partial charge < -0.3 is 5.32 Å². The van der Waals surface area contributed by atoms with E-state index in [1.165, 1.54) is 5.56 Å². The Morgan fingerprint density at radius 3 is 3.00 bits per heavy atom. The van der Waals surface area contributed by atoms with E-state index in [9.17, 15) is 0 Å². The molecule has 1 atom stereocenters. The first kappa shape index (κ1) is 11.6. The van der Waals surface area contributed by atoms with Crippen LogP contribution in [0.1, 0.15) is 11.1 Å². The Kier molecular flexibility index (Phi) is 2.81. The maximum Gasteiger partial charge on any atom is 0.171 e. The van der Waals surface area contributed by atoms with Crippen LogP contribution >= 0.6 is 22.9 Å². The number of aliphatic imine (C=N–C) groups is 1. The minimum Gasteiger partial charge on any atom is -0.343 e. The second-order valence-electron chi connectivity index (χ2n) is 4.04. The Morgan fingerprint density at radius 1 is 1.44 bits per heavy atom. The fraction of sp³-hybridized carbons (Fsp3) is 0.167. The van der Waals surface area contributed by atoms with Gasteiger partial charge in [-0.05, 0) is 24.6 Å². The molecule has 18 heavy (non-hydrogen) atoms. The maximum atomic E-state index is 5.80. The molecule has 0 aliphatic carbocycles. The number of nitrogens with one attached hydrogen (secondary N) is 1. The monoisotopic (exact) mass is 278 g/mol. The van der Waals surface area contributed by atoms with E-state index in [0.29, 0.717) is 5.15 Å². The van der Waals surface area contributed by atoms with Crippen molar-refractivity contribution in [1.82, 2.24) is 4.98 Å². The number of nitrogens with zero attached hydrogens (tertiary/aromatic N) is 2. The quantitative estimate of drug-likeness (QED) is 0.789. The van der Waals surface area contributed by atoms with Gasteiger partial charge in [0.15, 0.2) is 6.29 Å². The molecule has 3 rings (SSSR count). The van der Waals surface area contributed by atoms with Gasteiger partial charge in [0.2, 0.25) is 0 Å². The molecule has 1 unspecified atom stereocenters. The van der Waals surface area contributed by atoms with Gasteiger partial charge in [-0.25, -0.2) is 4.98 Å². The zero-order valence-corrected chi connectivity index (χ0v) is 11.2. The first-order valence-electron chi connectivity index (χ1n) is 5.46. The lowest BCUT2D eigenvalue weighted by molar-refractivity contribution is 0.810. The Labute approximate surface area is 114 Å². The Hall–Kier alpha value is -1.43. The molecule has 2 aromatic rings. The zero-order chi connectivity index (χ0) is 12.7. The van der Waals surface area contributed by atoms with Crippen LogP contribution in [0.4, 0.5) is 5.00 Å². The third kappa shape index (κ3) is 1.90. The zero-order valence-electron chi connectivity index (χ0n) is 9.64. The summed E-state index contributed by atoms with van der Waals surface area (Å²) in [4.78, 5) is 9.44. The average Bonchev–Trinajstić information content (AvgIpc) is 2.67. The summed E-state index contributed by atoms with van der Waals surface area (Å²) in [5.41, 5.74) is 9.08. The SMILES string of the molecule is Cc1c(-c2ccc(Cl)nc2)sc2c1C=NC(N)N2. The number of anilines is 1. The molecule has 1 aliphatic rings. The highest BCUT2D eigenvalue weighted by Gasteiger charge is 2.19. The molecule has 0 amide bonds. The van der Waals surface area contributed by atoms with Gasteiger partial charge in [-0.3, -0.25) is 10.7 Å². The van der Waals surface area contributed by atoms with Crippen molar-refractivity contribution in [3.05, 3.63) is 34.6 Å². The number of thiophene rings is 1. The van der Waals surface area contributed by atoms with Gasteiger partial charge in [0.25, 0.3) is 0 Å². The van der Waals surface area contributed by atoms with E-state index in [2.05, 4.69) is 22.2 Å². The fourth-order valence-electron chi connectivity index (χ4n) is 1.90. The van der Waals surface area contributed by atoms with Gasteiger partial charge in [0, 0.05) is 28.4 Å². The first-order chi connectivity index (χ1) is 8.65. The van der Waals surface area contributed by atoms with Crippen LogP contribution in [0.25, 0.3) is 10.4 Å². The van der Waals surface area contributed by atoms with Gasteiger partial charge in [0.1, 0.15) is 10.2 Å². The lowest BCUT2D eigenvalue weighted by atomic mass is 10.1. The van der Waals surface area contributed by atoms with Gasteiger partial charge in [-0.15, -0.1) is 11.3 Å². The van der Waals surface area contributed by atoms with Crippen LogP contribution in [0.15, 0.2) is 23.3 Å². The summed E-state index contributed by atoms with van der Waals surface area (Å²) in [5, 5.41) is 4.71. The third-order valence-corrected chi connectivity index (χ3v) is 4.34. The number of aromatic nitrogens is 1. The van der Waals surface area contributed by atoms with E-state index in [0.717, 1.165) is 21.0 Å². The number of rotatable bonds is 1. The molecule has 92 valence electrons. The lowest BCUT2D eigenvalue weighted by Crippen LogP contribution is -2.29. The molecule has 4 nitrogen and oxygen atoms in total. The third-order valence-electron chi connectivity index (χ3n) is 2.83. The molecule has 0 aromatic carbocycles. The highest BCUT2D eigenvalue weighted by Crippen LogP contribution is 2.40. The van der Waals surface area contributed by atoms with Crippen LogP contribution in [0.5, 0.6) is 0 Å². The largest absolute Gasteiger partial charge is 0.343 e. The Bertz CT molecular complexity index is 618. The van der Waals surface area contributed by atoms with E-state index in [1.54, 1.807) is 23.6 Å². The summed E-state index contributed by atoms with van der Waals surface area (Å²) in [6.07, 6.45) is 3.26. The number of hydrogen-bond donors (Lipinski definition) is 2. The molecule has 0 spiro atoms. The van der Waals surface area contributed by atoms with E-state index in [-0.39, 0.29) is 6.29 Å². The molecule has 0 bridgehead atoms. The number of fused-ring (bicyclic) bond motifs is 1. The van der Waals surface area contributed by atoms with Crippen LogP contribution in [-0.2, 0) is 0 Å². The summed E-state index contributed by atoms with van der Waals surface area (Å²) in [6, 6.07) is 3.76. The number of nitrogens with two attached hydrogens (primary N) is 1. The van der Waals surface area contributed by atoms with Crippen molar-refractivity contribution in [3.8, 4) is 10.4 Å². The van der Waals surface area contributed by atoms with Gasteiger partial charge in [-0.2, -0.15) is 0 Å². The number of pyridine rings is 1. The van der Waals surface area contributed by atoms with Crippen molar-refractivity contribution in [3.63, 3.8) is 0 Å². The summed E-state index contributed by atoms with van der Waals surface area (Å²) in [6.45, 7) is 2.07. The molecule has 2 aromatic heterocycles. The molecule has 0 saturated heterocycles. The van der Waals surface area contributed by atoms with Crippen molar-refractivity contribution in [2.75, 3.05) is 5.32 Å². The fourth-order valence-corrected chi connectivity index (χ4v) is 3.21.